The maximum Gasteiger partial charge on any atom is 0.0713 e. The third-order valence-corrected chi connectivity index (χ3v) is 6.30. The highest BCUT2D eigenvalue weighted by atomic mass is 16.5. The largest absolute Gasteiger partial charge is 0.380 e. The number of rotatable bonds is 5. The van der Waals surface area contributed by atoms with E-state index in [9.17, 15) is 0 Å². The quantitative estimate of drug-likeness (QED) is 0.889. The summed E-state index contributed by atoms with van der Waals surface area (Å²) in [5, 5.41) is 3.87. The number of benzene rings is 1. The predicted octanol–water partition coefficient (Wildman–Crippen LogP) is 3.75. The van der Waals surface area contributed by atoms with Crippen LogP contribution in [-0.2, 0) is 17.9 Å². The van der Waals surface area contributed by atoms with Crippen LogP contribution in [0.25, 0.3) is 0 Å². The van der Waals surface area contributed by atoms with E-state index < -0.39 is 0 Å². The highest BCUT2D eigenvalue weighted by Crippen LogP contribution is 2.58. The second-order valence-electron chi connectivity index (χ2n) is 7.39. The summed E-state index contributed by atoms with van der Waals surface area (Å²) in [4.78, 5) is 0. The minimum Gasteiger partial charge on any atom is -0.380 e. The van der Waals surface area contributed by atoms with Crippen molar-refractivity contribution >= 4 is 0 Å². The van der Waals surface area contributed by atoms with Gasteiger partial charge in [0.1, 0.15) is 0 Å². The SMILES string of the molecule is COCc1cccc(CNC2CC3CC2C2CCCC32)c1. The summed E-state index contributed by atoms with van der Waals surface area (Å²) in [6.45, 7) is 1.73. The Labute approximate surface area is 128 Å². The third-order valence-electron chi connectivity index (χ3n) is 6.30. The zero-order valence-electron chi connectivity index (χ0n) is 13.1. The van der Waals surface area contributed by atoms with Gasteiger partial charge in [0.05, 0.1) is 6.61 Å². The Hall–Kier alpha value is -0.860. The first kappa shape index (κ1) is 13.8. The number of methoxy groups -OCH3 is 1. The van der Waals surface area contributed by atoms with Gasteiger partial charge >= 0.3 is 0 Å². The molecule has 5 atom stereocenters. The van der Waals surface area contributed by atoms with Crippen LogP contribution in [0.15, 0.2) is 24.3 Å². The van der Waals surface area contributed by atoms with E-state index in [4.69, 9.17) is 4.74 Å². The number of hydrogen-bond donors (Lipinski definition) is 1. The molecule has 3 saturated carbocycles. The van der Waals surface area contributed by atoms with Crippen molar-refractivity contribution in [1.82, 2.24) is 5.32 Å². The molecule has 4 rings (SSSR count). The van der Waals surface area contributed by atoms with Gasteiger partial charge in [-0.25, -0.2) is 0 Å². The Kier molecular flexibility index (Phi) is 3.76. The molecular weight excluding hydrogens is 258 g/mol. The van der Waals surface area contributed by atoms with Gasteiger partial charge in [-0.3, -0.25) is 0 Å². The summed E-state index contributed by atoms with van der Waals surface area (Å²) >= 11 is 0. The number of nitrogens with one attached hydrogen (secondary N) is 1. The van der Waals surface area contributed by atoms with Gasteiger partial charge in [0.2, 0.25) is 0 Å². The summed E-state index contributed by atoms with van der Waals surface area (Å²) in [5.41, 5.74) is 2.68. The maximum atomic E-state index is 5.23. The van der Waals surface area contributed by atoms with Gasteiger partial charge in [-0.15, -0.1) is 0 Å². The molecule has 0 saturated heterocycles. The summed E-state index contributed by atoms with van der Waals surface area (Å²) in [7, 11) is 1.76. The van der Waals surface area contributed by atoms with Crippen LogP contribution in [0.5, 0.6) is 0 Å². The number of fused-ring (bicyclic) bond motifs is 5. The summed E-state index contributed by atoms with van der Waals surface area (Å²) in [6, 6.07) is 9.59. The molecule has 2 bridgehead atoms. The van der Waals surface area contributed by atoms with E-state index in [-0.39, 0.29) is 0 Å². The molecule has 3 aliphatic carbocycles. The minimum atomic E-state index is 0.714. The van der Waals surface area contributed by atoms with Crippen molar-refractivity contribution < 1.29 is 4.74 Å². The topological polar surface area (TPSA) is 21.3 Å². The molecule has 0 radical (unpaired) electrons. The molecule has 0 spiro atoms. The molecule has 114 valence electrons. The molecule has 2 nitrogen and oxygen atoms in total. The van der Waals surface area contributed by atoms with Crippen LogP contribution in [0, 0.1) is 23.7 Å². The van der Waals surface area contributed by atoms with Crippen molar-refractivity contribution in [1.29, 1.82) is 0 Å². The average Bonchev–Trinajstić information content (AvgIpc) is 3.18. The number of ether oxygens (including phenoxy) is 1. The fourth-order valence-electron chi connectivity index (χ4n) is 5.55. The van der Waals surface area contributed by atoms with Gasteiger partial charge < -0.3 is 10.1 Å². The van der Waals surface area contributed by atoms with Crippen molar-refractivity contribution in [2.24, 2.45) is 23.7 Å². The molecule has 0 aromatic heterocycles. The van der Waals surface area contributed by atoms with E-state index in [1.54, 1.807) is 7.11 Å². The van der Waals surface area contributed by atoms with Crippen molar-refractivity contribution in [3.05, 3.63) is 35.4 Å². The van der Waals surface area contributed by atoms with E-state index in [1.807, 2.05) is 0 Å². The molecule has 1 N–H and O–H groups in total. The fourth-order valence-corrected chi connectivity index (χ4v) is 5.55. The van der Waals surface area contributed by atoms with Crippen LogP contribution in [0.3, 0.4) is 0 Å². The van der Waals surface area contributed by atoms with Crippen molar-refractivity contribution in [3.8, 4) is 0 Å². The van der Waals surface area contributed by atoms with E-state index in [2.05, 4.69) is 29.6 Å². The third kappa shape index (κ3) is 2.53. The average molecular weight is 285 g/mol. The van der Waals surface area contributed by atoms with Gasteiger partial charge in [0.15, 0.2) is 0 Å². The molecule has 3 fully saturated rings. The van der Waals surface area contributed by atoms with E-state index in [0.717, 1.165) is 36.3 Å². The monoisotopic (exact) mass is 285 g/mol. The Morgan fingerprint density at radius 3 is 2.86 bits per heavy atom. The van der Waals surface area contributed by atoms with Crippen LogP contribution in [0.4, 0.5) is 0 Å². The second-order valence-corrected chi connectivity index (χ2v) is 7.39. The minimum absolute atomic E-state index is 0.714. The number of hydrogen-bond acceptors (Lipinski definition) is 2. The summed E-state index contributed by atoms with van der Waals surface area (Å²) in [5.74, 6) is 4.17. The van der Waals surface area contributed by atoms with Crippen LogP contribution in [0.2, 0.25) is 0 Å². The smallest absolute Gasteiger partial charge is 0.0713 e. The van der Waals surface area contributed by atoms with Gasteiger partial charge in [-0.2, -0.15) is 0 Å². The highest BCUT2D eigenvalue weighted by molar-refractivity contribution is 5.23. The van der Waals surface area contributed by atoms with Gasteiger partial charge in [0, 0.05) is 19.7 Å². The van der Waals surface area contributed by atoms with Gasteiger partial charge in [-0.05, 0) is 60.5 Å². The normalized spacial score (nSPS) is 37.1. The first-order valence-electron chi connectivity index (χ1n) is 8.65. The lowest BCUT2D eigenvalue weighted by atomic mass is 9.79. The van der Waals surface area contributed by atoms with E-state index in [0.29, 0.717) is 6.61 Å². The Balaban J connectivity index is 1.36. The lowest BCUT2D eigenvalue weighted by Gasteiger charge is -2.32. The van der Waals surface area contributed by atoms with Crippen molar-refractivity contribution in [3.63, 3.8) is 0 Å². The van der Waals surface area contributed by atoms with Gasteiger partial charge in [0.25, 0.3) is 0 Å². The van der Waals surface area contributed by atoms with E-state index >= 15 is 0 Å². The molecule has 0 amide bonds. The van der Waals surface area contributed by atoms with Crippen LogP contribution in [-0.4, -0.2) is 13.2 Å². The molecule has 2 heteroatoms. The molecule has 1 aromatic rings. The predicted molar refractivity (Wildman–Crippen MR) is 84.8 cm³/mol. The Morgan fingerprint density at radius 2 is 1.95 bits per heavy atom. The highest BCUT2D eigenvalue weighted by Gasteiger charge is 2.53. The van der Waals surface area contributed by atoms with Crippen LogP contribution < -0.4 is 5.32 Å². The van der Waals surface area contributed by atoms with Gasteiger partial charge in [-0.1, -0.05) is 30.7 Å². The first-order valence-corrected chi connectivity index (χ1v) is 8.65. The second kappa shape index (κ2) is 5.73. The lowest BCUT2D eigenvalue weighted by Crippen LogP contribution is -2.38. The molecule has 0 aliphatic heterocycles. The van der Waals surface area contributed by atoms with Crippen LogP contribution >= 0.6 is 0 Å². The lowest BCUT2D eigenvalue weighted by molar-refractivity contribution is 0.184. The van der Waals surface area contributed by atoms with Crippen molar-refractivity contribution in [2.75, 3.05) is 7.11 Å². The van der Waals surface area contributed by atoms with E-state index in [1.165, 1.54) is 43.2 Å². The Morgan fingerprint density at radius 1 is 1.10 bits per heavy atom. The molecule has 5 unspecified atom stereocenters. The zero-order valence-corrected chi connectivity index (χ0v) is 13.1. The molecule has 3 aliphatic rings. The van der Waals surface area contributed by atoms with Crippen LogP contribution in [0.1, 0.15) is 43.2 Å². The molecular formula is C19H27NO. The summed E-state index contributed by atoms with van der Waals surface area (Å²) < 4.78 is 5.23. The zero-order chi connectivity index (χ0) is 14.2. The molecule has 21 heavy (non-hydrogen) atoms. The maximum absolute atomic E-state index is 5.23. The molecule has 1 aromatic carbocycles. The van der Waals surface area contributed by atoms with Crippen molar-refractivity contribution in [2.45, 2.75) is 51.3 Å². The standard InChI is InChI=1S/C19H27NO/c1-21-12-14-5-2-4-13(8-14)11-20-19-10-15-9-18(19)17-7-3-6-16(15)17/h2,4-5,8,15-20H,3,6-7,9-12H2,1H3. The Bertz CT molecular complexity index is 500. The summed E-state index contributed by atoms with van der Waals surface area (Å²) in [6.07, 6.45) is 7.47. The first-order chi connectivity index (χ1) is 10.3. The fraction of sp³-hybridized carbons (Fsp3) is 0.684. The molecule has 0 heterocycles.